The lowest BCUT2D eigenvalue weighted by Gasteiger charge is -2.37. The molecule has 3 aromatic rings. The Kier molecular flexibility index (Phi) is 6.54. The maximum atomic E-state index is 13.8. The number of aromatic nitrogens is 4. The first kappa shape index (κ1) is 23.8. The maximum Gasteiger partial charge on any atom is 0.418 e. The van der Waals surface area contributed by atoms with E-state index in [9.17, 15) is 13.2 Å². The standard InChI is InChI=1S/C24H30F3N7O/c1-14-11-34(12-15(2)32-14)20-4-3-18(24(25,26)27)19(33-20)10-29-23-21-17(16-5-7-35-8-6-16)9-28-22(21)30-13-31-23/h3-4,9,13-16,32H,5-8,10-12H2,1-2H3,(H2,28,29,30,31)/t14-,15+. The number of nitrogens with zero attached hydrogens (tertiary/aromatic N) is 4. The summed E-state index contributed by atoms with van der Waals surface area (Å²) in [7, 11) is 0. The molecule has 35 heavy (non-hydrogen) atoms. The van der Waals surface area contributed by atoms with Gasteiger partial charge in [-0.25, -0.2) is 15.0 Å². The van der Waals surface area contributed by atoms with Crippen molar-refractivity contribution in [2.75, 3.05) is 36.5 Å². The number of H-pyrrole nitrogens is 1. The first-order chi connectivity index (χ1) is 16.8. The lowest BCUT2D eigenvalue weighted by atomic mass is 9.92. The van der Waals surface area contributed by atoms with Crippen LogP contribution in [0.2, 0.25) is 0 Å². The van der Waals surface area contributed by atoms with Crippen LogP contribution in [0.3, 0.4) is 0 Å². The van der Waals surface area contributed by atoms with E-state index in [2.05, 4.69) is 44.4 Å². The summed E-state index contributed by atoms with van der Waals surface area (Å²) in [5.41, 5.74) is 0.927. The van der Waals surface area contributed by atoms with Crippen LogP contribution < -0.4 is 15.5 Å². The molecule has 2 aliphatic heterocycles. The third kappa shape index (κ3) is 5.06. The number of ether oxygens (including phenoxy) is 1. The van der Waals surface area contributed by atoms with E-state index in [-0.39, 0.29) is 30.2 Å². The summed E-state index contributed by atoms with van der Waals surface area (Å²) >= 11 is 0. The van der Waals surface area contributed by atoms with Crippen molar-refractivity contribution in [1.82, 2.24) is 25.3 Å². The van der Waals surface area contributed by atoms with Crippen molar-refractivity contribution >= 4 is 22.7 Å². The molecule has 11 heteroatoms. The average Bonchev–Trinajstić information content (AvgIpc) is 3.27. The number of nitrogens with one attached hydrogen (secondary N) is 3. The molecule has 0 aliphatic carbocycles. The second kappa shape index (κ2) is 9.62. The molecule has 8 nitrogen and oxygen atoms in total. The van der Waals surface area contributed by atoms with Crippen molar-refractivity contribution < 1.29 is 17.9 Å². The molecule has 2 fully saturated rings. The van der Waals surface area contributed by atoms with Gasteiger partial charge < -0.3 is 25.3 Å². The third-order valence-corrected chi connectivity index (χ3v) is 6.73. The van der Waals surface area contributed by atoms with Crippen LogP contribution in [0.4, 0.5) is 24.8 Å². The first-order valence-corrected chi connectivity index (χ1v) is 12.0. The highest BCUT2D eigenvalue weighted by atomic mass is 19.4. The molecule has 0 radical (unpaired) electrons. The van der Waals surface area contributed by atoms with Crippen molar-refractivity contribution in [3.8, 4) is 0 Å². The van der Waals surface area contributed by atoms with E-state index in [0.717, 1.165) is 29.9 Å². The number of hydrogen-bond donors (Lipinski definition) is 3. The summed E-state index contributed by atoms with van der Waals surface area (Å²) < 4.78 is 47.0. The smallest absolute Gasteiger partial charge is 0.381 e. The normalized spacial score (nSPS) is 22.0. The minimum atomic E-state index is -4.51. The van der Waals surface area contributed by atoms with Gasteiger partial charge in [-0.05, 0) is 50.3 Å². The fraction of sp³-hybridized carbons (Fsp3) is 0.542. The number of piperazine rings is 1. The number of aromatic amines is 1. The van der Waals surface area contributed by atoms with Gasteiger partial charge in [-0.2, -0.15) is 13.2 Å². The van der Waals surface area contributed by atoms with Crippen LogP contribution >= 0.6 is 0 Å². The lowest BCUT2D eigenvalue weighted by molar-refractivity contribution is -0.138. The quantitative estimate of drug-likeness (QED) is 0.498. The number of hydrogen-bond acceptors (Lipinski definition) is 7. The number of anilines is 2. The van der Waals surface area contributed by atoms with Crippen molar-refractivity contribution in [1.29, 1.82) is 0 Å². The molecular formula is C24H30F3N7O. The Balaban J connectivity index is 1.45. The molecule has 0 saturated carbocycles. The molecule has 188 valence electrons. The fourth-order valence-corrected chi connectivity index (χ4v) is 5.19. The van der Waals surface area contributed by atoms with E-state index >= 15 is 0 Å². The van der Waals surface area contributed by atoms with Crippen molar-refractivity contribution in [3.05, 3.63) is 41.5 Å². The molecule has 0 unspecified atom stereocenters. The first-order valence-electron chi connectivity index (χ1n) is 12.0. The minimum absolute atomic E-state index is 0.0521. The van der Waals surface area contributed by atoms with Gasteiger partial charge in [-0.3, -0.25) is 0 Å². The predicted molar refractivity (Wildman–Crippen MR) is 128 cm³/mol. The van der Waals surface area contributed by atoms with Crippen LogP contribution in [-0.2, 0) is 17.5 Å². The summed E-state index contributed by atoms with van der Waals surface area (Å²) in [4.78, 5) is 18.4. The highest BCUT2D eigenvalue weighted by Crippen LogP contribution is 2.36. The molecule has 0 amide bonds. The van der Waals surface area contributed by atoms with Gasteiger partial charge in [0.1, 0.15) is 23.6 Å². The Labute approximate surface area is 201 Å². The van der Waals surface area contributed by atoms with E-state index in [4.69, 9.17) is 4.74 Å². The SMILES string of the molecule is C[C@@H]1CN(c2ccc(C(F)(F)F)c(CNc3ncnc4[nH]cc(C5CCOCC5)c34)n2)C[C@H](C)N1. The van der Waals surface area contributed by atoms with Gasteiger partial charge in [0.25, 0.3) is 0 Å². The van der Waals surface area contributed by atoms with Crippen LogP contribution in [0.5, 0.6) is 0 Å². The number of pyridine rings is 1. The van der Waals surface area contributed by atoms with Crippen LogP contribution in [0, 0.1) is 0 Å². The topological polar surface area (TPSA) is 91.0 Å². The van der Waals surface area contributed by atoms with Crippen LogP contribution in [0.1, 0.15) is 49.4 Å². The maximum absolute atomic E-state index is 13.8. The molecule has 2 saturated heterocycles. The zero-order valence-electron chi connectivity index (χ0n) is 19.8. The number of alkyl halides is 3. The van der Waals surface area contributed by atoms with E-state index in [1.54, 1.807) is 0 Å². The van der Waals surface area contributed by atoms with Crippen LogP contribution in [-0.4, -0.2) is 58.3 Å². The molecule has 2 aliphatic rings. The second-order valence-corrected chi connectivity index (χ2v) is 9.47. The molecule has 3 N–H and O–H groups in total. The molecule has 0 spiro atoms. The van der Waals surface area contributed by atoms with E-state index in [1.807, 2.05) is 11.1 Å². The largest absolute Gasteiger partial charge is 0.418 e. The third-order valence-electron chi connectivity index (χ3n) is 6.73. The van der Waals surface area contributed by atoms with Crippen LogP contribution in [0.25, 0.3) is 11.0 Å². The molecular weight excluding hydrogens is 459 g/mol. The summed E-state index contributed by atoms with van der Waals surface area (Å²) in [5, 5.41) is 7.38. The van der Waals surface area contributed by atoms with Gasteiger partial charge >= 0.3 is 6.18 Å². The Morgan fingerprint density at radius 1 is 1.11 bits per heavy atom. The van der Waals surface area contributed by atoms with Gasteiger partial charge in [0.05, 0.1) is 23.2 Å². The van der Waals surface area contributed by atoms with Crippen molar-refractivity contribution in [2.45, 2.75) is 57.4 Å². The lowest BCUT2D eigenvalue weighted by Crippen LogP contribution is -2.54. The van der Waals surface area contributed by atoms with Gasteiger partial charge in [-0.1, -0.05) is 0 Å². The Morgan fingerprint density at radius 2 is 1.86 bits per heavy atom. The summed E-state index contributed by atoms with van der Waals surface area (Å²) in [6.07, 6.45) is 0.588. The number of halogens is 3. The summed E-state index contributed by atoms with van der Waals surface area (Å²) in [6, 6.07) is 3.04. The molecule has 0 aromatic carbocycles. The average molecular weight is 490 g/mol. The molecule has 0 bridgehead atoms. The molecule has 3 aromatic heterocycles. The van der Waals surface area contributed by atoms with Crippen molar-refractivity contribution in [2.24, 2.45) is 0 Å². The van der Waals surface area contributed by atoms with Gasteiger partial charge in [0, 0.05) is 44.6 Å². The summed E-state index contributed by atoms with van der Waals surface area (Å²) in [6.45, 7) is 6.74. The van der Waals surface area contributed by atoms with E-state index < -0.39 is 11.7 Å². The minimum Gasteiger partial charge on any atom is -0.381 e. The highest BCUT2D eigenvalue weighted by molar-refractivity contribution is 5.90. The van der Waals surface area contributed by atoms with Gasteiger partial charge in [-0.15, -0.1) is 0 Å². The summed E-state index contributed by atoms with van der Waals surface area (Å²) in [5.74, 6) is 1.34. The number of rotatable bonds is 5. The number of fused-ring (bicyclic) bond motifs is 1. The van der Waals surface area contributed by atoms with Crippen molar-refractivity contribution in [3.63, 3.8) is 0 Å². The molecule has 2 atom stereocenters. The highest BCUT2D eigenvalue weighted by Gasteiger charge is 2.35. The molecule has 5 rings (SSSR count). The monoisotopic (exact) mass is 489 g/mol. The van der Waals surface area contributed by atoms with Gasteiger partial charge in [0.2, 0.25) is 0 Å². The Hall–Kier alpha value is -2.92. The Morgan fingerprint density at radius 3 is 2.57 bits per heavy atom. The van der Waals surface area contributed by atoms with E-state index in [1.165, 1.54) is 12.4 Å². The van der Waals surface area contributed by atoms with E-state index in [0.29, 0.717) is 43.6 Å². The zero-order chi connectivity index (χ0) is 24.6. The molecule has 5 heterocycles. The van der Waals surface area contributed by atoms with Crippen LogP contribution in [0.15, 0.2) is 24.7 Å². The second-order valence-electron chi connectivity index (χ2n) is 9.47. The predicted octanol–water partition coefficient (Wildman–Crippen LogP) is 4.06. The van der Waals surface area contributed by atoms with Gasteiger partial charge in [0.15, 0.2) is 0 Å². The Bertz CT molecular complexity index is 1170. The zero-order valence-corrected chi connectivity index (χ0v) is 19.8. The fourth-order valence-electron chi connectivity index (χ4n) is 5.19.